The molecule has 0 radical (unpaired) electrons. The maximum absolute atomic E-state index is 13.0. The van der Waals surface area contributed by atoms with Crippen molar-refractivity contribution in [3.05, 3.63) is 46.0 Å². The molecule has 0 bridgehead atoms. The monoisotopic (exact) mass is 366 g/mol. The Morgan fingerprint density at radius 3 is 2.81 bits per heavy atom. The molecule has 1 fully saturated rings. The van der Waals surface area contributed by atoms with E-state index in [1.807, 2.05) is 21.9 Å². The Morgan fingerprint density at radius 1 is 1.26 bits per heavy atom. The summed E-state index contributed by atoms with van der Waals surface area (Å²) in [6, 6.07) is 7.58. The van der Waals surface area contributed by atoms with Crippen LogP contribution in [-0.4, -0.2) is 56.2 Å². The fraction of sp³-hybridized carbons (Fsp3) is 0.421. The molecule has 2 aliphatic rings. The first-order chi connectivity index (χ1) is 13.0. The molecular formula is C19H23BN4O3. The second-order valence-electron chi connectivity index (χ2n) is 7.07. The number of hydrogen-bond acceptors (Lipinski definition) is 5. The molecule has 2 aromatic rings. The van der Waals surface area contributed by atoms with Crippen molar-refractivity contribution in [2.45, 2.75) is 12.8 Å². The van der Waals surface area contributed by atoms with Crippen LogP contribution in [-0.2, 0) is 29.4 Å². The van der Waals surface area contributed by atoms with Gasteiger partial charge >= 0.3 is 0 Å². The van der Waals surface area contributed by atoms with E-state index in [4.69, 9.17) is 4.74 Å². The van der Waals surface area contributed by atoms with Crippen molar-refractivity contribution in [2.24, 2.45) is 7.05 Å². The molecule has 0 unspecified atom stereocenters. The largest absolute Gasteiger partial charge is 0.378 e. The predicted molar refractivity (Wildman–Crippen MR) is 107 cm³/mol. The molecule has 1 amide bonds. The van der Waals surface area contributed by atoms with Crippen molar-refractivity contribution in [3.63, 3.8) is 0 Å². The minimum absolute atomic E-state index is 0.0269. The summed E-state index contributed by atoms with van der Waals surface area (Å²) < 4.78 is 6.83. The van der Waals surface area contributed by atoms with Crippen LogP contribution >= 0.6 is 0 Å². The minimum Gasteiger partial charge on any atom is -0.378 e. The SMILES string of the molecule is Bc1cccc2c1CCN2C(=O)Cc1nc(N2CCOCC2)cc(=O)n1C. The van der Waals surface area contributed by atoms with Crippen LogP contribution in [0.3, 0.4) is 0 Å². The van der Waals surface area contributed by atoms with E-state index in [9.17, 15) is 9.59 Å². The van der Waals surface area contributed by atoms with E-state index in [0.29, 0.717) is 44.5 Å². The Morgan fingerprint density at radius 2 is 2.04 bits per heavy atom. The van der Waals surface area contributed by atoms with Crippen molar-refractivity contribution in [3.8, 4) is 0 Å². The second kappa shape index (κ2) is 7.19. The Bertz CT molecular complexity index is 937. The molecule has 140 valence electrons. The summed E-state index contributed by atoms with van der Waals surface area (Å²) in [5, 5.41) is 0. The molecule has 1 aromatic heterocycles. The van der Waals surface area contributed by atoms with E-state index in [2.05, 4.69) is 18.9 Å². The van der Waals surface area contributed by atoms with Gasteiger partial charge in [0.1, 0.15) is 19.5 Å². The molecule has 1 aromatic carbocycles. The standard InChI is InChI=1S/C19H23BN4O3/c1-22-16(21-17(12-18(22)25)23-7-9-27-10-8-23)11-19(26)24-6-5-13-14(20)3-2-4-15(13)24/h2-4,12H,5-11,20H2,1H3. The smallest absolute Gasteiger partial charge is 0.255 e. The molecule has 3 heterocycles. The van der Waals surface area contributed by atoms with Crippen molar-refractivity contribution >= 4 is 30.7 Å². The highest BCUT2D eigenvalue weighted by Gasteiger charge is 2.26. The lowest BCUT2D eigenvalue weighted by Gasteiger charge is -2.28. The predicted octanol–water partition coefficient (Wildman–Crippen LogP) is -0.993. The highest BCUT2D eigenvalue weighted by atomic mass is 16.5. The van der Waals surface area contributed by atoms with Gasteiger partial charge < -0.3 is 14.5 Å². The van der Waals surface area contributed by atoms with Crippen molar-refractivity contribution in [1.29, 1.82) is 0 Å². The molecule has 7 nitrogen and oxygen atoms in total. The lowest BCUT2D eigenvalue weighted by atomic mass is 9.89. The van der Waals surface area contributed by atoms with Crippen LogP contribution in [0.1, 0.15) is 11.4 Å². The summed E-state index contributed by atoms with van der Waals surface area (Å²) in [6.45, 7) is 3.32. The fourth-order valence-corrected chi connectivity index (χ4v) is 3.79. The topological polar surface area (TPSA) is 67.7 Å². The van der Waals surface area contributed by atoms with Gasteiger partial charge in [0.15, 0.2) is 0 Å². The van der Waals surface area contributed by atoms with E-state index in [-0.39, 0.29) is 17.9 Å². The van der Waals surface area contributed by atoms with Crippen LogP contribution in [0.5, 0.6) is 0 Å². The maximum atomic E-state index is 13.0. The van der Waals surface area contributed by atoms with Crippen LogP contribution in [0.15, 0.2) is 29.1 Å². The van der Waals surface area contributed by atoms with Crippen molar-refractivity contribution in [2.75, 3.05) is 42.6 Å². The number of nitrogens with zero attached hydrogens (tertiary/aromatic N) is 4. The zero-order valence-corrected chi connectivity index (χ0v) is 15.8. The van der Waals surface area contributed by atoms with Gasteiger partial charge in [-0.05, 0) is 18.1 Å². The number of benzene rings is 1. The summed E-state index contributed by atoms with van der Waals surface area (Å²) in [5.41, 5.74) is 3.28. The van der Waals surface area contributed by atoms with Crippen molar-refractivity contribution in [1.82, 2.24) is 9.55 Å². The second-order valence-corrected chi connectivity index (χ2v) is 7.07. The number of carbonyl (C=O) groups is 1. The third kappa shape index (κ3) is 3.37. The number of rotatable bonds is 3. The number of anilines is 2. The fourth-order valence-electron chi connectivity index (χ4n) is 3.79. The summed E-state index contributed by atoms with van der Waals surface area (Å²) in [6.07, 6.45) is 0.977. The van der Waals surface area contributed by atoms with Gasteiger partial charge in [-0.15, -0.1) is 0 Å². The number of amides is 1. The average molecular weight is 366 g/mol. The van der Waals surface area contributed by atoms with Crippen LogP contribution in [0.25, 0.3) is 0 Å². The number of hydrogen-bond donors (Lipinski definition) is 0. The van der Waals surface area contributed by atoms with E-state index in [1.54, 1.807) is 7.05 Å². The van der Waals surface area contributed by atoms with Gasteiger partial charge in [-0.25, -0.2) is 4.98 Å². The first-order valence-electron chi connectivity index (χ1n) is 9.33. The van der Waals surface area contributed by atoms with Crippen molar-refractivity contribution < 1.29 is 9.53 Å². The molecule has 0 saturated carbocycles. The average Bonchev–Trinajstić information content (AvgIpc) is 3.11. The first kappa shape index (κ1) is 17.8. The van der Waals surface area contributed by atoms with Gasteiger partial charge in [0, 0.05) is 38.4 Å². The van der Waals surface area contributed by atoms with Gasteiger partial charge in [0.25, 0.3) is 5.56 Å². The van der Waals surface area contributed by atoms with Gasteiger partial charge in [0.2, 0.25) is 5.91 Å². The quantitative estimate of drug-likeness (QED) is 0.653. The maximum Gasteiger partial charge on any atom is 0.255 e. The third-order valence-electron chi connectivity index (χ3n) is 5.42. The lowest BCUT2D eigenvalue weighted by Crippen LogP contribution is -2.39. The molecule has 8 heteroatoms. The zero-order chi connectivity index (χ0) is 19.0. The first-order valence-corrected chi connectivity index (χ1v) is 9.33. The van der Waals surface area contributed by atoms with Crippen LogP contribution < -0.4 is 20.8 Å². The molecular weight excluding hydrogens is 343 g/mol. The zero-order valence-electron chi connectivity index (χ0n) is 15.8. The van der Waals surface area contributed by atoms with Crippen LogP contribution in [0.4, 0.5) is 11.5 Å². The number of ether oxygens (including phenoxy) is 1. The highest BCUT2D eigenvalue weighted by Crippen LogP contribution is 2.26. The van der Waals surface area contributed by atoms with E-state index < -0.39 is 0 Å². The summed E-state index contributed by atoms with van der Waals surface area (Å²) in [5.74, 6) is 1.10. The van der Waals surface area contributed by atoms with Gasteiger partial charge in [-0.2, -0.15) is 0 Å². The van der Waals surface area contributed by atoms with Gasteiger partial charge in [-0.1, -0.05) is 17.6 Å². The summed E-state index contributed by atoms with van der Waals surface area (Å²) in [7, 11) is 3.74. The molecule has 27 heavy (non-hydrogen) atoms. The van der Waals surface area contributed by atoms with Crippen LogP contribution in [0, 0.1) is 0 Å². The molecule has 0 atom stereocenters. The molecule has 0 N–H and O–H groups in total. The Kier molecular flexibility index (Phi) is 4.74. The lowest BCUT2D eigenvalue weighted by molar-refractivity contribution is -0.118. The molecule has 1 saturated heterocycles. The Balaban J connectivity index is 1.59. The van der Waals surface area contributed by atoms with Gasteiger partial charge in [0.05, 0.1) is 19.6 Å². The highest BCUT2D eigenvalue weighted by molar-refractivity contribution is 6.34. The van der Waals surface area contributed by atoms with Crippen LogP contribution in [0.2, 0.25) is 0 Å². The number of aromatic nitrogens is 2. The summed E-state index contributed by atoms with van der Waals surface area (Å²) >= 11 is 0. The molecule has 2 aliphatic heterocycles. The minimum atomic E-state index is -0.146. The molecule has 4 rings (SSSR count). The number of carbonyl (C=O) groups excluding carboxylic acids is 1. The summed E-state index contributed by atoms with van der Waals surface area (Å²) in [4.78, 5) is 33.8. The number of fused-ring (bicyclic) bond motifs is 1. The van der Waals surface area contributed by atoms with E-state index in [0.717, 1.165) is 12.1 Å². The number of morpholine rings is 1. The normalized spacial score (nSPS) is 16.5. The Hall–Kier alpha value is -2.61. The van der Waals surface area contributed by atoms with E-state index in [1.165, 1.54) is 21.7 Å². The molecule has 0 spiro atoms. The van der Waals surface area contributed by atoms with E-state index >= 15 is 0 Å². The Labute approximate surface area is 159 Å². The van der Waals surface area contributed by atoms with Gasteiger partial charge in [-0.3, -0.25) is 14.2 Å². The third-order valence-corrected chi connectivity index (χ3v) is 5.42. The molecule has 0 aliphatic carbocycles.